The average molecular weight is 383 g/mol. The quantitative estimate of drug-likeness (QED) is 0.253. The second-order valence-electron chi connectivity index (χ2n) is 8.54. The van der Waals surface area contributed by atoms with Crippen molar-refractivity contribution in [3.05, 3.63) is 12.2 Å². The summed E-state index contributed by atoms with van der Waals surface area (Å²) in [5.74, 6) is -0.714. The Morgan fingerprint density at radius 2 is 1.96 bits per heavy atom. The molecule has 6 atom stereocenters. The van der Waals surface area contributed by atoms with Crippen molar-refractivity contribution in [3.8, 4) is 0 Å². The van der Waals surface area contributed by atoms with Gasteiger partial charge in [0.25, 0.3) is 5.79 Å². The third-order valence-corrected chi connectivity index (χ3v) is 6.75. The second kappa shape index (κ2) is 10.6. The zero-order chi connectivity index (χ0) is 19.9. The SMILES string of the molecule is CC[C@H]1C[C@H]1CCC=C[C@H]1CC[C@H](O)[C@@H]1CCCCCC(O)(OC)C(=O)O. The molecule has 2 rings (SSSR count). The normalized spacial score (nSPS) is 32.7. The van der Waals surface area contributed by atoms with E-state index in [0.29, 0.717) is 18.3 Å². The summed E-state index contributed by atoms with van der Waals surface area (Å²) >= 11 is 0. The second-order valence-corrected chi connectivity index (χ2v) is 8.54. The predicted molar refractivity (Wildman–Crippen MR) is 105 cm³/mol. The molecule has 0 heterocycles. The highest BCUT2D eigenvalue weighted by molar-refractivity contribution is 5.75. The Hall–Kier alpha value is -0.910. The Kier molecular flexibility index (Phi) is 8.77. The van der Waals surface area contributed by atoms with Crippen molar-refractivity contribution >= 4 is 5.97 Å². The number of aliphatic hydroxyl groups excluding tert-OH is 1. The number of carbonyl (C=O) groups is 1. The molecule has 2 aliphatic rings. The maximum atomic E-state index is 11.0. The molecule has 2 aliphatic carbocycles. The number of hydrogen-bond donors (Lipinski definition) is 3. The first-order chi connectivity index (χ1) is 12.9. The summed E-state index contributed by atoms with van der Waals surface area (Å²) in [7, 11) is 1.21. The highest BCUT2D eigenvalue weighted by Gasteiger charge is 2.36. The van der Waals surface area contributed by atoms with Crippen LogP contribution < -0.4 is 0 Å². The summed E-state index contributed by atoms with van der Waals surface area (Å²) in [6.45, 7) is 2.28. The van der Waals surface area contributed by atoms with Gasteiger partial charge < -0.3 is 20.1 Å². The molecule has 2 saturated carbocycles. The fourth-order valence-corrected chi connectivity index (χ4v) is 4.69. The minimum absolute atomic E-state index is 0.0926. The maximum Gasteiger partial charge on any atom is 0.364 e. The molecule has 0 aliphatic heterocycles. The van der Waals surface area contributed by atoms with E-state index in [4.69, 9.17) is 9.84 Å². The Labute approximate surface area is 163 Å². The molecule has 0 bridgehead atoms. The molecule has 5 heteroatoms. The summed E-state index contributed by atoms with van der Waals surface area (Å²) in [5.41, 5.74) is 0. The lowest BCUT2D eigenvalue weighted by Crippen LogP contribution is -2.40. The lowest BCUT2D eigenvalue weighted by Gasteiger charge is -2.22. The van der Waals surface area contributed by atoms with Crippen molar-refractivity contribution in [2.75, 3.05) is 7.11 Å². The highest BCUT2D eigenvalue weighted by Crippen LogP contribution is 2.44. The standard InChI is InChI=1S/C22H38O5/c1-3-16-15-18(16)10-7-6-9-17-12-13-20(23)19(17)11-5-4-8-14-22(26,27-2)21(24)25/h6,9,16-20,23,26H,3-5,7-8,10-15H2,1-2H3,(H,24,25)/t16-,17-,18+,19+,20-,22?/m0/s1. The minimum Gasteiger partial charge on any atom is -0.477 e. The van der Waals surface area contributed by atoms with Crippen LogP contribution in [0.15, 0.2) is 12.2 Å². The van der Waals surface area contributed by atoms with E-state index in [1.54, 1.807) is 0 Å². The average Bonchev–Trinajstić information content (AvgIpc) is 3.34. The van der Waals surface area contributed by atoms with E-state index in [0.717, 1.165) is 50.4 Å². The molecular formula is C22H38O5. The van der Waals surface area contributed by atoms with Crippen LogP contribution >= 0.6 is 0 Å². The van der Waals surface area contributed by atoms with Gasteiger partial charge in [0.15, 0.2) is 0 Å². The van der Waals surface area contributed by atoms with E-state index < -0.39 is 11.8 Å². The molecule has 0 aromatic rings. The summed E-state index contributed by atoms with van der Waals surface area (Å²) in [6.07, 6.45) is 15.0. The number of aliphatic carboxylic acids is 1. The largest absolute Gasteiger partial charge is 0.477 e. The lowest BCUT2D eigenvalue weighted by atomic mass is 9.88. The summed E-state index contributed by atoms with van der Waals surface area (Å²) < 4.78 is 4.71. The highest BCUT2D eigenvalue weighted by atomic mass is 16.6. The molecule has 0 saturated heterocycles. The maximum absolute atomic E-state index is 11.0. The third kappa shape index (κ3) is 6.58. The first-order valence-corrected chi connectivity index (χ1v) is 10.8. The minimum atomic E-state index is -2.07. The summed E-state index contributed by atoms with van der Waals surface area (Å²) in [6, 6.07) is 0. The van der Waals surface area contributed by atoms with Gasteiger partial charge in [-0.05, 0) is 68.6 Å². The van der Waals surface area contributed by atoms with Gasteiger partial charge in [0, 0.05) is 13.5 Å². The van der Waals surface area contributed by atoms with Gasteiger partial charge in [0.2, 0.25) is 0 Å². The molecular weight excluding hydrogens is 344 g/mol. The first-order valence-electron chi connectivity index (χ1n) is 10.8. The van der Waals surface area contributed by atoms with Crippen molar-refractivity contribution in [2.45, 2.75) is 89.4 Å². The summed E-state index contributed by atoms with van der Waals surface area (Å²) in [5, 5.41) is 29.1. The smallest absolute Gasteiger partial charge is 0.364 e. The van der Waals surface area contributed by atoms with Crippen LogP contribution in [0.4, 0.5) is 0 Å². The molecule has 1 unspecified atom stereocenters. The number of carboxylic acid groups (broad SMARTS) is 1. The van der Waals surface area contributed by atoms with Gasteiger partial charge in [0.1, 0.15) is 0 Å². The Morgan fingerprint density at radius 1 is 1.19 bits per heavy atom. The van der Waals surface area contributed by atoms with E-state index in [1.807, 2.05) is 0 Å². The van der Waals surface area contributed by atoms with Crippen molar-refractivity contribution in [3.63, 3.8) is 0 Å². The molecule has 27 heavy (non-hydrogen) atoms. The third-order valence-electron chi connectivity index (χ3n) is 6.75. The number of carboxylic acids is 1. The number of allylic oxidation sites excluding steroid dienone is 2. The van der Waals surface area contributed by atoms with Gasteiger partial charge in [0.05, 0.1) is 6.10 Å². The van der Waals surface area contributed by atoms with Crippen LogP contribution in [0.25, 0.3) is 0 Å². The van der Waals surface area contributed by atoms with E-state index in [9.17, 15) is 15.0 Å². The molecule has 0 radical (unpaired) electrons. The molecule has 156 valence electrons. The van der Waals surface area contributed by atoms with E-state index >= 15 is 0 Å². The van der Waals surface area contributed by atoms with Crippen molar-refractivity contribution in [1.82, 2.24) is 0 Å². The molecule has 0 amide bonds. The van der Waals surface area contributed by atoms with Crippen LogP contribution in [0.3, 0.4) is 0 Å². The Balaban J connectivity index is 1.65. The first kappa shape index (κ1) is 22.4. The van der Waals surface area contributed by atoms with Crippen LogP contribution in [0, 0.1) is 23.7 Å². The predicted octanol–water partition coefficient (Wildman–Crippen LogP) is 4.13. The van der Waals surface area contributed by atoms with Crippen molar-refractivity contribution < 1.29 is 24.9 Å². The number of hydrogen-bond acceptors (Lipinski definition) is 4. The fourth-order valence-electron chi connectivity index (χ4n) is 4.69. The van der Waals surface area contributed by atoms with Crippen molar-refractivity contribution in [2.24, 2.45) is 23.7 Å². The lowest BCUT2D eigenvalue weighted by molar-refractivity contribution is -0.216. The van der Waals surface area contributed by atoms with Crippen LogP contribution in [0.1, 0.15) is 77.6 Å². The Morgan fingerprint density at radius 3 is 2.59 bits per heavy atom. The number of ether oxygens (including phenoxy) is 1. The summed E-state index contributed by atoms with van der Waals surface area (Å²) in [4.78, 5) is 11.0. The zero-order valence-corrected chi connectivity index (χ0v) is 17.0. The van der Waals surface area contributed by atoms with E-state index in [2.05, 4.69) is 19.1 Å². The molecule has 5 nitrogen and oxygen atoms in total. The Bertz CT molecular complexity index is 491. The zero-order valence-electron chi connectivity index (χ0n) is 17.0. The monoisotopic (exact) mass is 382 g/mol. The topological polar surface area (TPSA) is 87.0 Å². The van der Waals surface area contributed by atoms with Gasteiger partial charge in [-0.2, -0.15) is 0 Å². The van der Waals surface area contributed by atoms with Gasteiger partial charge in [-0.25, -0.2) is 4.79 Å². The molecule has 2 fully saturated rings. The van der Waals surface area contributed by atoms with Gasteiger partial charge in [-0.3, -0.25) is 0 Å². The van der Waals surface area contributed by atoms with Crippen LogP contribution in [-0.2, 0) is 9.53 Å². The van der Waals surface area contributed by atoms with Gasteiger partial charge >= 0.3 is 5.97 Å². The number of methoxy groups -OCH3 is 1. The molecule has 0 spiro atoms. The van der Waals surface area contributed by atoms with Gasteiger partial charge in [-0.1, -0.05) is 38.3 Å². The number of rotatable bonds is 13. The van der Waals surface area contributed by atoms with Crippen LogP contribution in [-0.4, -0.2) is 40.3 Å². The molecule has 0 aromatic carbocycles. The van der Waals surface area contributed by atoms with E-state index in [-0.39, 0.29) is 12.5 Å². The van der Waals surface area contributed by atoms with Crippen molar-refractivity contribution in [1.29, 1.82) is 0 Å². The molecule has 0 aromatic heterocycles. The molecule has 3 N–H and O–H groups in total. The van der Waals surface area contributed by atoms with E-state index in [1.165, 1.54) is 26.4 Å². The fraction of sp³-hybridized carbons (Fsp3) is 0.864. The van der Waals surface area contributed by atoms with Crippen LogP contribution in [0.2, 0.25) is 0 Å². The van der Waals surface area contributed by atoms with Crippen LogP contribution in [0.5, 0.6) is 0 Å². The van der Waals surface area contributed by atoms with Gasteiger partial charge in [-0.15, -0.1) is 0 Å². The number of aliphatic hydroxyl groups is 2. The number of unbranched alkanes of at least 4 members (excludes halogenated alkanes) is 2.